The molecule has 0 saturated heterocycles. The normalized spacial score (nSPS) is 9.67. The summed E-state index contributed by atoms with van der Waals surface area (Å²) in [6, 6.07) is 14.7. The van der Waals surface area contributed by atoms with Gasteiger partial charge in [0.1, 0.15) is 0 Å². The van der Waals surface area contributed by atoms with E-state index >= 15 is 0 Å². The number of hydrogen-bond donors (Lipinski definition) is 1. The van der Waals surface area contributed by atoms with E-state index in [9.17, 15) is 10.0 Å². The summed E-state index contributed by atoms with van der Waals surface area (Å²) in [6.07, 6.45) is 0. The lowest BCUT2D eigenvalue weighted by atomic mass is 10.1. The summed E-state index contributed by atoms with van der Waals surface area (Å²) < 4.78 is 0. The highest BCUT2D eigenvalue weighted by atomic mass is 35.5. The minimum atomic E-state index is -0.396. The fraction of sp³-hybridized carbons (Fsp3) is 0.118. The Hall–Kier alpha value is -2.28. The highest BCUT2D eigenvalue weighted by Crippen LogP contribution is 2.10. The van der Waals surface area contributed by atoms with Crippen molar-refractivity contribution in [3.05, 3.63) is 70.2 Å². The van der Waals surface area contributed by atoms with Crippen LogP contribution in [0.25, 0.3) is 0 Å². The van der Waals surface area contributed by atoms with Crippen LogP contribution in [-0.4, -0.2) is 16.2 Å². The third kappa shape index (κ3) is 4.64. The Bertz CT molecular complexity index is 699. The first-order valence-electron chi connectivity index (χ1n) is 6.38. The van der Waals surface area contributed by atoms with Crippen LogP contribution in [0.3, 0.4) is 0 Å². The highest BCUT2D eigenvalue weighted by molar-refractivity contribution is 6.30. The van der Waals surface area contributed by atoms with Crippen LogP contribution in [0, 0.1) is 11.8 Å². The van der Waals surface area contributed by atoms with Gasteiger partial charge in [0.25, 0.3) is 0 Å². The maximum absolute atomic E-state index is 11.0. The molecule has 0 atom stereocenters. The van der Waals surface area contributed by atoms with Crippen LogP contribution in [0.1, 0.15) is 23.6 Å². The van der Waals surface area contributed by atoms with Crippen molar-refractivity contribution in [1.82, 2.24) is 5.06 Å². The molecule has 3 nitrogen and oxygen atoms in total. The number of halogens is 1. The van der Waals surface area contributed by atoms with Gasteiger partial charge in [0.2, 0.25) is 5.91 Å². The number of carbonyl (C=O) groups excluding carboxylic acids is 1. The number of benzene rings is 2. The lowest BCUT2D eigenvalue weighted by Crippen LogP contribution is -2.23. The molecule has 0 aliphatic rings. The van der Waals surface area contributed by atoms with Crippen molar-refractivity contribution in [2.45, 2.75) is 13.5 Å². The van der Waals surface area contributed by atoms with E-state index in [4.69, 9.17) is 11.6 Å². The lowest BCUT2D eigenvalue weighted by Gasteiger charge is -2.12. The van der Waals surface area contributed by atoms with Crippen LogP contribution < -0.4 is 0 Å². The second-order valence-electron chi connectivity index (χ2n) is 4.53. The summed E-state index contributed by atoms with van der Waals surface area (Å²) in [5.41, 5.74) is 2.51. The molecule has 0 spiro atoms. The number of hydrogen-bond acceptors (Lipinski definition) is 2. The summed E-state index contributed by atoms with van der Waals surface area (Å²) in [4.78, 5) is 11.0. The molecule has 4 heteroatoms. The van der Waals surface area contributed by atoms with Crippen LogP contribution in [0.15, 0.2) is 48.5 Å². The van der Waals surface area contributed by atoms with Crippen molar-refractivity contribution >= 4 is 17.5 Å². The van der Waals surface area contributed by atoms with Crippen molar-refractivity contribution in [3.63, 3.8) is 0 Å². The van der Waals surface area contributed by atoms with Gasteiger partial charge in [-0.15, -0.1) is 0 Å². The van der Waals surface area contributed by atoms with Gasteiger partial charge >= 0.3 is 0 Å². The van der Waals surface area contributed by atoms with Crippen LogP contribution in [-0.2, 0) is 11.3 Å². The zero-order chi connectivity index (χ0) is 15.2. The van der Waals surface area contributed by atoms with Gasteiger partial charge in [-0.1, -0.05) is 35.6 Å². The minimum Gasteiger partial charge on any atom is -0.286 e. The Morgan fingerprint density at radius 3 is 2.48 bits per heavy atom. The van der Waals surface area contributed by atoms with E-state index in [-0.39, 0.29) is 6.54 Å². The van der Waals surface area contributed by atoms with Gasteiger partial charge in [0.05, 0.1) is 6.54 Å². The largest absolute Gasteiger partial charge is 0.286 e. The van der Waals surface area contributed by atoms with Crippen LogP contribution in [0.5, 0.6) is 0 Å². The summed E-state index contributed by atoms with van der Waals surface area (Å²) in [7, 11) is 0. The molecule has 1 N–H and O–H groups in total. The van der Waals surface area contributed by atoms with Crippen molar-refractivity contribution in [3.8, 4) is 11.8 Å². The molecule has 2 rings (SSSR count). The zero-order valence-corrected chi connectivity index (χ0v) is 12.3. The summed E-state index contributed by atoms with van der Waals surface area (Å²) >= 11 is 5.82. The molecule has 0 bridgehead atoms. The SMILES string of the molecule is CC(=O)N(O)Cc1cccc(C#Cc2ccc(Cl)cc2)c1. The fourth-order valence-electron chi connectivity index (χ4n) is 1.71. The first-order chi connectivity index (χ1) is 10.0. The van der Waals surface area contributed by atoms with Crippen molar-refractivity contribution in [1.29, 1.82) is 0 Å². The van der Waals surface area contributed by atoms with Gasteiger partial charge < -0.3 is 0 Å². The third-order valence-corrected chi connectivity index (χ3v) is 3.07. The Morgan fingerprint density at radius 1 is 1.14 bits per heavy atom. The Kier molecular flexibility index (Phi) is 4.99. The molecule has 0 radical (unpaired) electrons. The molecule has 0 aromatic heterocycles. The van der Waals surface area contributed by atoms with Gasteiger partial charge in [-0.25, -0.2) is 5.06 Å². The van der Waals surface area contributed by atoms with E-state index in [1.165, 1.54) is 6.92 Å². The predicted molar refractivity (Wildman–Crippen MR) is 81.9 cm³/mol. The monoisotopic (exact) mass is 299 g/mol. The molecule has 0 aliphatic carbocycles. The fourth-order valence-corrected chi connectivity index (χ4v) is 1.84. The maximum Gasteiger partial charge on any atom is 0.243 e. The van der Waals surface area contributed by atoms with Crippen LogP contribution in [0.2, 0.25) is 5.02 Å². The summed E-state index contributed by atoms with van der Waals surface area (Å²) in [5.74, 6) is 5.69. The molecule has 0 fully saturated rings. The number of rotatable bonds is 2. The van der Waals surface area contributed by atoms with E-state index < -0.39 is 5.91 Å². The molecule has 2 aromatic rings. The molecular weight excluding hydrogens is 286 g/mol. The highest BCUT2D eigenvalue weighted by Gasteiger charge is 2.05. The van der Waals surface area contributed by atoms with E-state index in [1.54, 1.807) is 12.1 Å². The van der Waals surface area contributed by atoms with E-state index in [2.05, 4.69) is 11.8 Å². The van der Waals surface area contributed by atoms with Gasteiger partial charge in [-0.3, -0.25) is 10.0 Å². The van der Waals surface area contributed by atoms with E-state index in [0.717, 1.165) is 16.7 Å². The maximum atomic E-state index is 11.0. The predicted octanol–water partition coefficient (Wildman–Crippen LogP) is 3.48. The van der Waals surface area contributed by atoms with Gasteiger partial charge in [0.15, 0.2) is 0 Å². The van der Waals surface area contributed by atoms with E-state index in [1.807, 2.05) is 36.4 Å². The van der Waals surface area contributed by atoms with Crippen molar-refractivity contribution in [2.75, 3.05) is 0 Å². The molecule has 2 aromatic carbocycles. The Balaban J connectivity index is 2.15. The van der Waals surface area contributed by atoms with Crippen molar-refractivity contribution < 1.29 is 10.0 Å². The average molecular weight is 300 g/mol. The second kappa shape index (κ2) is 6.94. The minimum absolute atomic E-state index is 0.145. The van der Waals surface area contributed by atoms with Gasteiger partial charge in [0, 0.05) is 23.1 Å². The molecule has 1 amide bonds. The number of hydroxylamine groups is 2. The molecule has 21 heavy (non-hydrogen) atoms. The molecule has 0 saturated carbocycles. The molecule has 0 unspecified atom stereocenters. The summed E-state index contributed by atoms with van der Waals surface area (Å²) in [6.45, 7) is 1.45. The third-order valence-electron chi connectivity index (χ3n) is 2.82. The first kappa shape index (κ1) is 15.1. The molecular formula is C17H14ClNO2. The summed E-state index contributed by atoms with van der Waals surface area (Å²) in [5, 5.41) is 10.8. The number of amides is 1. The van der Waals surface area contributed by atoms with Crippen LogP contribution >= 0.6 is 11.6 Å². The smallest absolute Gasteiger partial charge is 0.243 e. The molecule has 0 aliphatic heterocycles. The van der Waals surface area contributed by atoms with Gasteiger partial charge in [-0.2, -0.15) is 0 Å². The van der Waals surface area contributed by atoms with Crippen LogP contribution in [0.4, 0.5) is 0 Å². The molecule has 106 valence electrons. The quantitative estimate of drug-likeness (QED) is 0.524. The van der Waals surface area contributed by atoms with Gasteiger partial charge in [-0.05, 0) is 42.0 Å². The Morgan fingerprint density at radius 2 is 1.81 bits per heavy atom. The average Bonchev–Trinajstić information content (AvgIpc) is 2.47. The Labute approximate surface area is 128 Å². The van der Waals surface area contributed by atoms with E-state index in [0.29, 0.717) is 10.1 Å². The first-order valence-corrected chi connectivity index (χ1v) is 6.76. The second-order valence-corrected chi connectivity index (χ2v) is 4.97. The number of nitrogens with zero attached hydrogens (tertiary/aromatic N) is 1. The standard InChI is InChI=1S/C17H14ClNO2/c1-13(20)19(21)12-16-4-2-3-15(11-16)6-5-14-7-9-17(18)10-8-14/h2-4,7-11,21H,12H2,1H3. The van der Waals surface area contributed by atoms with Crippen molar-refractivity contribution in [2.24, 2.45) is 0 Å². The topological polar surface area (TPSA) is 40.5 Å². The molecule has 0 heterocycles. The zero-order valence-electron chi connectivity index (χ0n) is 11.5. The lowest BCUT2D eigenvalue weighted by molar-refractivity contribution is -0.165. The number of carbonyl (C=O) groups is 1.